The van der Waals surface area contributed by atoms with Crippen LogP contribution in [0, 0.1) is 25.5 Å². The van der Waals surface area contributed by atoms with Crippen molar-refractivity contribution in [2.75, 3.05) is 0 Å². The Morgan fingerprint density at radius 3 is 2.37 bits per heavy atom. The lowest BCUT2D eigenvalue weighted by atomic mass is 9.97. The Bertz CT molecular complexity index is 1430. The molecular weight excluding hydrogens is 380 g/mol. The molecule has 148 valence electrons. The van der Waals surface area contributed by atoms with Gasteiger partial charge in [-0.2, -0.15) is 0 Å². The number of nitrogens with zero attached hydrogens (tertiary/aromatic N) is 1. The van der Waals surface area contributed by atoms with Gasteiger partial charge < -0.3 is 4.42 Å². The standard InChI is InChI=1S/C26H20F2NO/c1-15-4-7-17(8-5-15)18-10-11-29(3)22(12-18)24-16(2)6-9-20-25-21(28)13-19(27)14-23(25)30-26(20)24/h4-14H,1-3H3/q+1. The van der Waals surface area contributed by atoms with Crippen LogP contribution in [0.5, 0.6) is 0 Å². The monoisotopic (exact) mass is 400 g/mol. The number of rotatable bonds is 2. The van der Waals surface area contributed by atoms with E-state index in [1.54, 1.807) is 0 Å². The summed E-state index contributed by atoms with van der Waals surface area (Å²) in [4.78, 5) is 0. The molecule has 4 heteroatoms. The van der Waals surface area contributed by atoms with E-state index in [0.717, 1.165) is 34.0 Å². The minimum Gasteiger partial charge on any atom is -0.455 e. The van der Waals surface area contributed by atoms with Gasteiger partial charge in [0.2, 0.25) is 5.69 Å². The van der Waals surface area contributed by atoms with Gasteiger partial charge in [0, 0.05) is 29.7 Å². The van der Waals surface area contributed by atoms with Crippen molar-refractivity contribution in [2.45, 2.75) is 13.8 Å². The molecular formula is C26H20F2NO+. The van der Waals surface area contributed by atoms with Crippen LogP contribution >= 0.6 is 0 Å². The van der Waals surface area contributed by atoms with E-state index >= 15 is 0 Å². The fourth-order valence-electron chi connectivity index (χ4n) is 4.05. The zero-order valence-corrected chi connectivity index (χ0v) is 17.0. The first-order chi connectivity index (χ1) is 14.4. The number of aromatic nitrogens is 1. The highest BCUT2D eigenvalue weighted by Crippen LogP contribution is 2.38. The molecule has 0 aliphatic heterocycles. The van der Waals surface area contributed by atoms with E-state index in [4.69, 9.17) is 4.42 Å². The van der Waals surface area contributed by atoms with Crippen LogP contribution in [0.2, 0.25) is 0 Å². The van der Waals surface area contributed by atoms with Crippen LogP contribution in [0.1, 0.15) is 11.1 Å². The molecule has 0 radical (unpaired) electrons. The van der Waals surface area contributed by atoms with E-state index in [2.05, 4.69) is 43.3 Å². The molecule has 2 heterocycles. The van der Waals surface area contributed by atoms with Crippen LogP contribution < -0.4 is 4.57 Å². The largest absolute Gasteiger partial charge is 0.455 e. The quantitative estimate of drug-likeness (QED) is 0.304. The molecule has 2 aromatic heterocycles. The third-order valence-electron chi connectivity index (χ3n) is 5.66. The molecule has 0 spiro atoms. The summed E-state index contributed by atoms with van der Waals surface area (Å²) in [6, 6.07) is 18.5. The molecule has 2 nitrogen and oxygen atoms in total. The molecule has 3 aromatic carbocycles. The topological polar surface area (TPSA) is 17.0 Å². The molecule has 0 bridgehead atoms. The SMILES string of the molecule is Cc1ccc(-c2cc[n+](C)c(-c3c(C)ccc4c3oc3cc(F)cc(F)c34)c2)cc1. The van der Waals surface area contributed by atoms with E-state index < -0.39 is 11.6 Å². The van der Waals surface area contributed by atoms with Crippen molar-refractivity contribution in [1.29, 1.82) is 0 Å². The summed E-state index contributed by atoms with van der Waals surface area (Å²) >= 11 is 0. The summed E-state index contributed by atoms with van der Waals surface area (Å²) in [6.45, 7) is 4.06. The van der Waals surface area contributed by atoms with Crippen LogP contribution in [-0.2, 0) is 7.05 Å². The van der Waals surface area contributed by atoms with Crippen LogP contribution in [0.15, 0.2) is 71.3 Å². The van der Waals surface area contributed by atoms with Crippen LogP contribution in [0.4, 0.5) is 8.78 Å². The Morgan fingerprint density at radius 1 is 0.833 bits per heavy atom. The Hall–Kier alpha value is -3.53. The lowest BCUT2D eigenvalue weighted by molar-refractivity contribution is -0.660. The smallest absolute Gasteiger partial charge is 0.216 e. The Morgan fingerprint density at radius 2 is 1.60 bits per heavy atom. The molecule has 0 saturated carbocycles. The number of hydrogen-bond donors (Lipinski definition) is 0. The van der Waals surface area contributed by atoms with E-state index in [1.807, 2.05) is 36.9 Å². The van der Waals surface area contributed by atoms with Crippen molar-refractivity contribution in [3.63, 3.8) is 0 Å². The molecule has 0 amide bonds. The Labute approximate surface area is 173 Å². The molecule has 5 aromatic rings. The van der Waals surface area contributed by atoms with E-state index in [9.17, 15) is 8.78 Å². The van der Waals surface area contributed by atoms with Gasteiger partial charge in [0.25, 0.3) is 0 Å². The van der Waals surface area contributed by atoms with Crippen molar-refractivity contribution in [3.8, 4) is 22.4 Å². The molecule has 0 saturated heterocycles. The fraction of sp³-hybridized carbons (Fsp3) is 0.115. The summed E-state index contributed by atoms with van der Waals surface area (Å²) in [5.41, 5.74) is 6.99. The van der Waals surface area contributed by atoms with E-state index in [1.165, 1.54) is 11.6 Å². The third-order valence-corrected chi connectivity index (χ3v) is 5.66. The first-order valence-corrected chi connectivity index (χ1v) is 9.80. The fourth-order valence-corrected chi connectivity index (χ4v) is 4.05. The van der Waals surface area contributed by atoms with E-state index in [-0.39, 0.29) is 5.58 Å². The molecule has 0 unspecified atom stereocenters. The molecule has 0 N–H and O–H groups in total. The Balaban J connectivity index is 1.81. The lowest BCUT2D eigenvalue weighted by Gasteiger charge is -2.08. The third kappa shape index (κ3) is 2.88. The average Bonchev–Trinajstić information content (AvgIpc) is 3.08. The highest BCUT2D eigenvalue weighted by Gasteiger charge is 2.23. The second-order valence-electron chi connectivity index (χ2n) is 7.77. The summed E-state index contributed by atoms with van der Waals surface area (Å²) in [7, 11) is 1.97. The Kier molecular flexibility index (Phi) is 4.17. The summed E-state index contributed by atoms with van der Waals surface area (Å²) < 4.78 is 36.3. The molecule has 0 fully saturated rings. The van der Waals surface area contributed by atoms with Crippen molar-refractivity contribution in [1.82, 2.24) is 0 Å². The second-order valence-corrected chi connectivity index (χ2v) is 7.77. The van der Waals surface area contributed by atoms with Gasteiger partial charge in [0.1, 0.15) is 29.8 Å². The van der Waals surface area contributed by atoms with Gasteiger partial charge in [-0.1, -0.05) is 42.0 Å². The summed E-state index contributed by atoms with van der Waals surface area (Å²) in [6.07, 6.45) is 2.01. The zero-order chi connectivity index (χ0) is 21.0. The highest BCUT2D eigenvalue weighted by molar-refractivity contribution is 6.10. The van der Waals surface area contributed by atoms with Crippen LogP contribution in [0.3, 0.4) is 0 Å². The van der Waals surface area contributed by atoms with Gasteiger partial charge in [-0.25, -0.2) is 13.3 Å². The maximum Gasteiger partial charge on any atom is 0.216 e. The van der Waals surface area contributed by atoms with Crippen molar-refractivity contribution in [2.24, 2.45) is 7.05 Å². The minimum atomic E-state index is -0.649. The maximum absolute atomic E-state index is 14.5. The van der Waals surface area contributed by atoms with Gasteiger partial charge in [-0.15, -0.1) is 0 Å². The predicted octanol–water partition coefficient (Wildman–Crippen LogP) is 6.64. The lowest BCUT2D eigenvalue weighted by Crippen LogP contribution is -2.30. The summed E-state index contributed by atoms with van der Waals surface area (Å²) in [5, 5.41) is 0.953. The molecule has 5 rings (SSSR count). The van der Waals surface area contributed by atoms with Gasteiger partial charge in [0.15, 0.2) is 6.20 Å². The summed E-state index contributed by atoms with van der Waals surface area (Å²) in [5.74, 6) is -1.26. The first kappa shape index (κ1) is 18.5. The minimum absolute atomic E-state index is 0.215. The van der Waals surface area contributed by atoms with Crippen molar-refractivity contribution < 1.29 is 17.8 Å². The number of furan rings is 1. The van der Waals surface area contributed by atoms with Crippen molar-refractivity contribution in [3.05, 3.63) is 89.6 Å². The molecule has 30 heavy (non-hydrogen) atoms. The van der Waals surface area contributed by atoms with Crippen LogP contribution in [-0.4, -0.2) is 0 Å². The maximum atomic E-state index is 14.5. The number of aryl methyl sites for hydroxylation is 3. The number of benzene rings is 3. The molecule has 0 atom stereocenters. The first-order valence-electron chi connectivity index (χ1n) is 9.80. The molecule has 0 aliphatic carbocycles. The predicted molar refractivity (Wildman–Crippen MR) is 115 cm³/mol. The van der Waals surface area contributed by atoms with Gasteiger partial charge in [-0.05, 0) is 30.5 Å². The zero-order valence-electron chi connectivity index (χ0n) is 17.0. The normalized spacial score (nSPS) is 11.5. The van der Waals surface area contributed by atoms with Gasteiger partial charge in [0.05, 0.1) is 10.9 Å². The van der Waals surface area contributed by atoms with E-state index in [0.29, 0.717) is 16.4 Å². The highest BCUT2D eigenvalue weighted by atomic mass is 19.1. The van der Waals surface area contributed by atoms with Crippen LogP contribution in [0.25, 0.3) is 44.3 Å². The number of fused-ring (bicyclic) bond motifs is 3. The number of pyridine rings is 1. The number of hydrogen-bond acceptors (Lipinski definition) is 1. The van der Waals surface area contributed by atoms with Gasteiger partial charge >= 0.3 is 0 Å². The molecule has 0 aliphatic rings. The number of halogens is 2. The average molecular weight is 400 g/mol. The second kappa shape index (κ2) is 6.77. The van der Waals surface area contributed by atoms with Gasteiger partial charge in [-0.3, -0.25) is 0 Å². The van der Waals surface area contributed by atoms with Crippen molar-refractivity contribution >= 4 is 21.9 Å².